The molecule has 4 aromatic rings. The molecule has 4 rings (SSSR count). The second kappa shape index (κ2) is 10.1. The molecule has 3 aromatic carbocycles. The highest BCUT2D eigenvalue weighted by Crippen LogP contribution is 2.25. The van der Waals surface area contributed by atoms with Crippen molar-refractivity contribution in [2.45, 2.75) is 0 Å². The number of aromatic nitrogens is 1. The van der Waals surface area contributed by atoms with Gasteiger partial charge in [-0.25, -0.2) is 9.78 Å². The molecule has 1 aromatic heterocycles. The zero-order valence-corrected chi connectivity index (χ0v) is 18.8. The molecule has 0 atom stereocenters. The van der Waals surface area contributed by atoms with Gasteiger partial charge in [0.15, 0.2) is 6.61 Å². The van der Waals surface area contributed by atoms with Gasteiger partial charge in [-0.15, -0.1) is 0 Å². The van der Waals surface area contributed by atoms with E-state index >= 15 is 0 Å². The smallest absolute Gasteiger partial charge is 0.339 e. The Morgan fingerprint density at radius 3 is 2.30 bits per heavy atom. The molecule has 0 bridgehead atoms. The monoisotopic (exact) mass is 503 g/mol. The number of ether oxygens (including phenoxy) is 1. The zero-order chi connectivity index (χ0) is 23.2. The number of hydrogen-bond acceptors (Lipinski definition) is 5. The molecule has 2 N–H and O–H groups in total. The minimum absolute atomic E-state index is 0.297. The van der Waals surface area contributed by atoms with E-state index in [1.165, 1.54) is 0 Å². The Balaban J connectivity index is 1.43. The fraction of sp³-hybridized carbons (Fsp3) is 0.0400. The van der Waals surface area contributed by atoms with Crippen LogP contribution >= 0.6 is 15.9 Å². The fourth-order valence-electron chi connectivity index (χ4n) is 3.15. The predicted molar refractivity (Wildman–Crippen MR) is 127 cm³/mol. The highest BCUT2D eigenvalue weighted by atomic mass is 79.9. The highest BCUT2D eigenvalue weighted by molar-refractivity contribution is 9.10. The van der Waals surface area contributed by atoms with Gasteiger partial charge >= 0.3 is 5.97 Å². The quantitative estimate of drug-likeness (QED) is 0.313. The number of hydrazine groups is 1. The number of esters is 1. The number of hydrogen-bond donors (Lipinski definition) is 2. The Hall–Kier alpha value is -4.04. The summed E-state index contributed by atoms with van der Waals surface area (Å²) >= 11 is 3.29. The number of para-hydroxylation sites is 1. The summed E-state index contributed by atoms with van der Waals surface area (Å²) in [6, 6.07) is 24.9. The Morgan fingerprint density at radius 1 is 0.848 bits per heavy atom. The Labute approximate surface area is 197 Å². The largest absolute Gasteiger partial charge is 0.452 e. The zero-order valence-electron chi connectivity index (χ0n) is 17.2. The molecule has 1 heterocycles. The molecule has 33 heavy (non-hydrogen) atoms. The standard InChI is InChI=1S/C25H18BrN3O4/c26-18-12-10-17(11-13-18)24(31)29-28-23(30)15-33-25(32)20-14-22(16-6-2-1-3-7-16)27-21-9-5-4-8-19(20)21/h1-14H,15H2,(H,28,30)(H,29,31). The summed E-state index contributed by atoms with van der Waals surface area (Å²) in [4.78, 5) is 41.6. The number of carbonyl (C=O) groups is 3. The van der Waals surface area contributed by atoms with Gasteiger partial charge in [-0.3, -0.25) is 20.4 Å². The Bertz CT molecular complexity index is 1320. The number of rotatable bonds is 5. The van der Waals surface area contributed by atoms with Gasteiger partial charge in [-0.05, 0) is 36.4 Å². The van der Waals surface area contributed by atoms with Gasteiger partial charge in [-0.1, -0.05) is 64.5 Å². The first-order chi connectivity index (χ1) is 16.0. The molecule has 7 nitrogen and oxygen atoms in total. The molecular formula is C25H18BrN3O4. The van der Waals surface area contributed by atoms with Crippen molar-refractivity contribution in [2.24, 2.45) is 0 Å². The van der Waals surface area contributed by atoms with Crippen LogP contribution < -0.4 is 10.9 Å². The summed E-state index contributed by atoms with van der Waals surface area (Å²) in [6.45, 7) is -0.559. The maximum atomic E-state index is 12.8. The van der Waals surface area contributed by atoms with E-state index in [-0.39, 0.29) is 0 Å². The molecule has 0 saturated heterocycles. The lowest BCUT2D eigenvalue weighted by Crippen LogP contribution is -2.43. The average molecular weight is 504 g/mol. The lowest BCUT2D eigenvalue weighted by atomic mass is 10.0. The van der Waals surface area contributed by atoms with Crippen LogP contribution in [0.2, 0.25) is 0 Å². The van der Waals surface area contributed by atoms with Crippen LogP contribution in [-0.4, -0.2) is 29.4 Å². The summed E-state index contributed by atoms with van der Waals surface area (Å²) in [5.74, 6) is -1.83. The number of halogens is 1. The summed E-state index contributed by atoms with van der Waals surface area (Å²) < 4.78 is 6.03. The lowest BCUT2D eigenvalue weighted by molar-refractivity contribution is -0.125. The molecule has 0 unspecified atom stereocenters. The number of nitrogens with one attached hydrogen (secondary N) is 2. The highest BCUT2D eigenvalue weighted by Gasteiger charge is 2.17. The number of carbonyl (C=O) groups excluding carboxylic acids is 3. The average Bonchev–Trinajstić information content (AvgIpc) is 2.86. The number of benzene rings is 3. The fourth-order valence-corrected chi connectivity index (χ4v) is 3.41. The lowest BCUT2D eigenvalue weighted by Gasteiger charge is -2.11. The Kier molecular flexibility index (Phi) is 6.75. The minimum Gasteiger partial charge on any atom is -0.452 e. The molecule has 0 aliphatic heterocycles. The van der Waals surface area contributed by atoms with Crippen molar-refractivity contribution < 1.29 is 19.1 Å². The number of pyridine rings is 1. The molecule has 164 valence electrons. The summed E-state index contributed by atoms with van der Waals surface area (Å²) in [5, 5.41) is 0.617. The van der Waals surface area contributed by atoms with Crippen molar-refractivity contribution >= 4 is 44.6 Å². The van der Waals surface area contributed by atoms with Gasteiger partial charge in [0.05, 0.1) is 16.8 Å². The van der Waals surface area contributed by atoms with Crippen LogP contribution in [0.3, 0.4) is 0 Å². The first-order valence-electron chi connectivity index (χ1n) is 9.98. The third-order valence-corrected chi connectivity index (χ3v) is 5.29. The Morgan fingerprint density at radius 2 is 1.55 bits per heavy atom. The van der Waals surface area contributed by atoms with Gasteiger partial charge in [-0.2, -0.15) is 0 Å². The first-order valence-corrected chi connectivity index (χ1v) is 10.8. The SMILES string of the molecule is O=C(COC(=O)c1cc(-c2ccccc2)nc2ccccc12)NNC(=O)c1ccc(Br)cc1. The van der Waals surface area contributed by atoms with E-state index in [4.69, 9.17) is 4.74 Å². The van der Waals surface area contributed by atoms with E-state index in [1.807, 2.05) is 42.5 Å². The van der Waals surface area contributed by atoms with Gasteiger partial charge in [0.1, 0.15) is 0 Å². The molecule has 0 radical (unpaired) electrons. The summed E-state index contributed by atoms with van der Waals surface area (Å²) in [7, 11) is 0. The van der Waals surface area contributed by atoms with E-state index in [2.05, 4.69) is 31.8 Å². The second-order valence-corrected chi connectivity index (χ2v) is 7.94. The van der Waals surface area contributed by atoms with Gasteiger partial charge in [0.2, 0.25) is 0 Å². The van der Waals surface area contributed by atoms with Gasteiger partial charge < -0.3 is 4.74 Å². The molecule has 0 aliphatic rings. The summed E-state index contributed by atoms with van der Waals surface area (Å²) in [6.07, 6.45) is 0. The molecule has 0 aliphatic carbocycles. The normalized spacial score (nSPS) is 10.5. The molecular weight excluding hydrogens is 486 g/mol. The van der Waals surface area contributed by atoms with Crippen molar-refractivity contribution in [3.8, 4) is 11.3 Å². The first kappa shape index (κ1) is 22.2. The van der Waals surface area contributed by atoms with Crippen molar-refractivity contribution in [3.05, 3.63) is 101 Å². The van der Waals surface area contributed by atoms with Crippen LogP contribution in [0.15, 0.2) is 89.4 Å². The van der Waals surface area contributed by atoms with Crippen molar-refractivity contribution in [1.82, 2.24) is 15.8 Å². The molecule has 0 fully saturated rings. The number of fused-ring (bicyclic) bond motifs is 1. The van der Waals surface area contributed by atoms with Crippen molar-refractivity contribution in [1.29, 1.82) is 0 Å². The van der Waals surface area contributed by atoms with Crippen LogP contribution in [0.5, 0.6) is 0 Å². The maximum absolute atomic E-state index is 12.8. The third kappa shape index (κ3) is 5.42. The van der Waals surface area contributed by atoms with Crippen LogP contribution in [0.4, 0.5) is 0 Å². The molecule has 2 amide bonds. The molecule has 0 saturated carbocycles. The van der Waals surface area contributed by atoms with Crippen LogP contribution in [-0.2, 0) is 9.53 Å². The van der Waals surface area contributed by atoms with Crippen LogP contribution in [0, 0.1) is 0 Å². The number of nitrogens with zero attached hydrogens (tertiary/aromatic N) is 1. The molecule has 8 heteroatoms. The molecule has 0 spiro atoms. The van der Waals surface area contributed by atoms with Gasteiger partial charge in [0.25, 0.3) is 11.8 Å². The predicted octanol–water partition coefficient (Wildman–Crippen LogP) is 4.28. The van der Waals surface area contributed by atoms with E-state index < -0.39 is 24.4 Å². The van der Waals surface area contributed by atoms with E-state index in [1.54, 1.807) is 42.5 Å². The van der Waals surface area contributed by atoms with Crippen molar-refractivity contribution in [3.63, 3.8) is 0 Å². The number of amides is 2. The van der Waals surface area contributed by atoms with E-state index in [0.717, 1.165) is 10.0 Å². The topological polar surface area (TPSA) is 97.4 Å². The third-order valence-electron chi connectivity index (χ3n) is 4.76. The summed E-state index contributed by atoms with van der Waals surface area (Å²) in [5.41, 5.74) is 7.30. The van der Waals surface area contributed by atoms with E-state index in [9.17, 15) is 14.4 Å². The van der Waals surface area contributed by atoms with E-state index in [0.29, 0.717) is 27.7 Å². The van der Waals surface area contributed by atoms with Gasteiger partial charge in [0, 0.05) is 21.0 Å². The van der Waals surface area contributed by atoms with Crippen LogP contribution in [0.25, 0.3) is 22.2 Å². The van der Waals surface area contributed by atoms with Crippen molar-refractivity contribution in [2.75, 3.05) is 6.61 Å². The maximum Gasteiger partial charge on any atom is 0.339 e. The van der Waals surface area contributed by atoms with Crippen LogP contribution in [0.1, 0.15) is 20.7 Å². The second-order valence-electron chi connectivity index (χ2n) is 7.02. The minimum atomic E-state index is -0.671.